The summed E-state index contributed by atoms with van der Waals surface area (Å²) >= 11 is 3.38. The van der Waals surface area contributed by atoms with Crippen LogP contribution in [-0.2, 0) is 4.74 Å². The molecular formula is C14H21BrN4O2. The second-order valence-corrected chi connectivity index (χ2v) is 6.78. The highest BCUT2D eigenvalue weighted by Crippen LogP contribution is 2.16. The maximum Gasteiger partial charge on any atom is 0.424 e. The number of pyridine rings is 1. The van der Waals surface area contributed by atoms with Gasteiger partial charge in [-0.2, -0.15) is 0 Å². The fraction of sp³-hybridized carbons (Fsp3) is 0.571. The standard InChI is InChI=1S/C14H21BrN4O2/c1-14(2,3)21-13(20)19-9-8-18(7-6-17-19)12-5-4-11(15)10-16-12/h4-5,10,17H,6-9H2,1-3H3. The zero-order valence-corrected chi connectivity index (χ0v) is 14.2. The molecule has 1 N–H and O–H groups in total. The molecule has 1 aliphatic heterocycles. The fourth-order valence-electron chi connectivity index (χ4n) is 1.99. The highest BCUT2D eigenvalue weighted by molar-refractivity contribution is 9.10. The van der Waals surface area contributed by atoms with Crippen molar-refractivity contribution in [2.45, 2.75) is 26.4 Å². The number of hydrogen-bond acceptors (Lipinski definition) is 5. The Morgan fingerprint density at radius 2 is 2.10 bits per heavy atom. The number of hydrogen-bond donors (Lipinski definition) is 1. The minimum absolute atomic E-state index is 0.340. The smallest absolute Gasteiger partial charge is 0.424 e. The number of carbonyl (C=O) groups is 1. The van der Waals surface area contributed by atoms with Gasteiger partial charge in [0.05, 0.1) is 6.54 Å². The molecule has 0 bridgehead atoms. The second kappa shape index (κ2) is 6.62. The maximum absolute atomic E-state index is 12.1. The molecule has 0 aliphatic carbocycles. The Morgan fingerprint density at radius 1 is 1.33 bits per heavy atom. The van der Waals surface area contributed by atoms with Crippen LogP contribution in [0, 0.1) is 0 Å². The van der Waals surface area contributed by atoms with Crippen molar-refractivity contribution < 1.29 is 9.53 Å². The van der Waals surface area contributed by atoms with Crippen LogP contribution in [0.1, 0.15) is 20.8 Å². The average molecular weight is 357 g/mol. The Labute approximate surface area is 133 Å². The van der Waals surface area contributed by atoms with Gasteiger partial charge < -0.3 is 9.64 Å². The first-order valence-electron chi connectivity index (χ1n) is 6.96. The molecule has 2 rings (SSSR count). The number of amides is 1. The van der Waals surface area contributed by atoms with E-state index in [0.29, 0.717) is 19.6 Å². The summed E-state index contributed by atoms with van der Waals surface area (Å²) in [6.45, 7) is 8.29. The highest BCUT2D eigenvalue weighted by atomic mass is 79.9. The lowest BCUT2D eigenvalue weighted by Crippen LogP contribution is -2.46. The third kappa shape index (κ3) is 4.86. The van der Waals surface area contributed by atoms with Crippen LogP contribution in [0.15, 0.2) is 22.8 Å². The predicted molar refractivity (Wildman–Crippen MR) is 85.1 cm³/mol. The van der Waals surface area contributed by atoms with E-state index in [4.69, 9.17) is 4.74 Å². The van der Waals surface area contributed by atoms with E-state index < -0.39 is 5.60 Å². The van der Waals surface area contributed by atoms with Crippen LogP contribution in [0.4, 0.5) is 10.6 Å². The third-order valence-corrected chi connectivity index (χ3v) is 3.40. The van der Waals surface area contributed by atoms with Gasteiger partial charge in [-0.05, 0) is 48.8 Å². The van der Waals surface area contributed by atoms with Crippen LogP contribution in [0.25, 0.3) is 0 Å². The molecule has 0 radical (unpaired) electrons. The molecule has 116 valence electrons. The quantitative estimate of drug-likeness (QED) is 0.837. The van der Waals surface area contributed by atoms with Crippen LogP contribution in [0.2, 0.25) is 0 Å². The largest absolute Gasteiger partial charge is 0.443 e. The van der Waals surface area contributed by atoms with Gasteiger partial charge in [0, 0.05) is 30.3 Å². The van der Waals surface area contributed by atoms with Crippen molar-refractivity contribution in [3.8, 4) is 0 Å². The Kier molecular flexibility index (Phi) is 5.05. The summed E-state index contributed by atoms with van der Waals surface area (Å²) in [6.07, 6.45) is 1.44. The molecule has 6 nitrogen and oxygen atoms in total. The normalized spacial score (nSPS) is 16.6. The van der Waals surface area contributed by atoms with Gasteiger partial charge in [-0.15, -0.1) is 0 Å². The van der Waals surface area contributed by atoms with Crippen LogP contribution in [-0.4, -0.2) is 47.9 Å². The van der Waals surface area contributed by atoms with E-state index in [0.717, 1.165) is 16.8 Å². The van der Waals surface area contributed by atoms with Crippen LogP contribution in [0.3, 0.4) is 0 Å². The van der Waals surface area contributed by atoms with Gasteiger partial charge in [0.15, 0.2) is 0 Å². The van der Waals surface area contributed by atoms with Gasteiger partial charge in [-0.3, -0.25) is 0 Å². The van der Waals surface area contributed by atoms with Gasteiger partial charge in [0.2, 0.25) is 0 Å². The number of nitrogens with one attached hydrogen (secondary N) is 1. The van der Waals surface area contributed by atoms with Crippen molar-refractivity contribution >= 4 is 27.8 Å². The van der Waals surface area contributed by atoms with Crippen molar-refractivity contribution in [1.82, 2.24) is 15.4 Å². The SMILES string of the molecule is CC(C)(C)OC(=O)N1CCN(c2ccc(Br)cn2)CCN1. The first-order chi connectivity index (χ1) is 9.85. The maximum atomic E-state index is 12.1. The molecule has 0 atom stereocenters. The molecular weight excluding hydrogens is 336 g/mol. The van der Waals surface area contributed by atoms with Gasteiger partial charge >= 0.3 is 6.09 Å². The van der Waals surface area contributed by atoms with Crippen LogP contribution in [0.5, 0.6) is 0 Å². The molecule has 0 unspecified atom stereocenters. The summed E-state index contributed by atoms with van der Waals surface area (Å²) in [5.74, 6) is 0.908. The molecule has 0 aromatic carbocycles. The molecule has 2 heterocycles. The van der Waals surface area contributed by atoms with E-state index in [-0.39, 0.29) is 6.09 Å². The summed E-state index contributed by atoms with van der Waals surface area (Å²) in [5, 5.41) is 1.53. The summed E-state index contributed by atoms with van der Waals surface area (Å²) in [7, 11) is 0. The first kappa shape index (κ1) is 16.0. The van der Waals surface area contributed by atoms with Crippen LogP contribution >= 0.6 is 15.9 Å². The van der Waals surface area contributed by atoms with Gasteiger partial charge in [0.25, 0.3) is 0 Å². The van der Waals surface area contributed by atoms with Crippen molar-refractivity contribution in [1.29, 1.82) is 0 Å². The molecule has 1 aromatic heterocycles. The number of aromatic nitrogens is 1. The number of hydrazine groups is 1. The minimum atomic E-state index is -0.488. The van der Waals surface area contributed by atoms with E-state index in [9.17, 15) is 4.79 Å². The highest BCUT2D eigenvalue weighted by Gasteiger charge is 2.24. The molecule has 0 spiro atoms. The Bertz CT molecular complexity index is 487. The van der Waals surface area contributed by atoms with E-state index >= 15 is 0 Å². The fourth-order valence-corrected chi connectivity index (χ4v) is 2.22. The molecule has 7 heteroatoms. The van der Waals surface area contributed by atoms with E-state index in [1.807, 2.05) is 32.9 Å². The molecule has 1 aromatic rings. The topological polar surface area (TPSA) is 57.7 Å². The summed E-state index contributed by atoms with van der Waals surface area (Å²) < 4.78 is 6.33. The summed E-state index contributed by atoms with van der Waals surface area (Å²) in [6, 6.07) is 3.93. The molecule has 1 amide bonds. The molecule has 1 aliphatic rings. The lowest BCUT2D eigenvalue weighted by atomic mass is 10.2. The van der Waals surface area contributed by atoms with Crippen molar-refractivity contribution in [3.05, 3.63) is 22.8 Å². The molecule has 0 saturated carbocycles. The Balaban J connectivity index is 1.95. The molecule has 21 heavy (non-hydrogen) atoms. The lowest BCUT2D eigenvalue weighted by Gasteiger charge is -2.26. The number of rotatable bonds is 1. The van der Waals surface area contributed by atoms with Gasteiger partial charge in [0.1, 0.15) is 11.4 Å². The van der Waals surface area contributed by atoms with Crippen molar-refractivity contribution in [2.24, 2.45) is 0 Å². The van der Waals surface area contributed by atoms with Crippen molar-refractivity contribution in [3.63, 3.8) is 0 Å². The number of halogens is 1. The average Bonchev–Trinajstić information content (AvgIpc) is 2.63. The van der Waals surface area contributed by atoms with Gasteiger partial charge in [-0.1, -0.05) is 0 Å². The predicted octanol–water partition coefficient (Wildman–Crippen LogP) is 2.41. The molecule has 1 fully saturated rings. The van der Waals surface area contributed by atoms with E-state index in [1.54, 1.807) is 6.20 Å². The second-order valence-electron chi connectivity index (χ2n) is 5.86. The zero-order chi connectivity index (χ0) is 15.5. The van der Waals surface area contributed by atoms with Gasteiger partial charge in [-0.25, -0.2) is 20.2 Å². The number of nitrogens with zero attached hydrogens (tertiary/aromatic N) is 3. The Morgan fingerprint density at radius 3 is 2.71 bits per heavy atom. The number of carbonyl (C=O) groups excluding carboxylic acids is 1. The first-order valence-corrected chi connectivity index (χ1v) is 7.75. The third-order valence-electron chi connectivity index (χ3n) is 2.93. The number of ether oxygens (including phenoxy) is 1. The van der Waals surface area contributed by atoms with Crippen LogP contribution < -0.4 is 10.3 Å². The Hall–Kier alpha value is -1.34. The monoisotopic (exact) mass is 356 g/mol. The van der Waals surface area contributed by atoms with Crippen molar-refractivity contribution in [2.75, 3.05) is 31.1 Å². The molecule has 1 saturated heterocycles. The zero-order valence-electron chi connectivity index (χ0n) is 12.6. The minimum Gasteiger partial charge on any atom is -0.443 e. The van der Waals surface area contributed by atoms with E-state index in [1.165, 1.54) is 5.01 Å². The van der Waals surface area contributed by atoms with E-state index in [2.05, 4.69) is 31.2 Å². The summed E-state index contributed by atoms with van der Waals surface area (Å²) in [5.41, 5.74) is 2.61. The lowest BCUT2D eigenvalue weighted by molar-refractivity contribution is 0.0161. The number of anilines is 1. The summed E-state index contributed by atoms with van der Waals surface area (Å²) in [4.78, 5) is 18.6.